The van der Waals surface area contributed by atoms with Crippen molar-refractivity contribution in [1.82, 2.24) is 9.88 Å². The summed E-state index contributed by atoms with van der Waals surface area (Å²) in [5.41, 5.74) is 2.63. The van der Waals surface area contributed by atoms with E-state index in [1.165, 1.54) is 6.07 Å². The highest BCUT2D eigenvalue weighted by atomic mass is 16.3. The van der Waals surface area contributed by atoms with E-state index >= 15 is 0 Å². The number of ketones is 2. The Morgan fingerprint density at radius 3 is 2.14 bits per heavy atom. The Labute approximate surface area is 212 Å². The van der Waals surface area contributed by atoms with E-state index in [1.54, 1.807) is 23.1 Å². The predicted octanol–water partition coefficient (Wildman–Crippen LogP) is 5.98. The number of aromatic hydroxyl groups is 1. The monoisotopic (exact) mass is 486 g/mol. The first-order valence-electron chi connectivity index (χ1n) is 12.6. The quantitative estimate of drug-likeness (QED) is 0.415. The zero-order valence-corrected chi connectivity index (χ0v) is 21.8. The normalized spacial score (nSPS) is 15.4. The second-order valence-electron chi connectivity index (χ2n) is 10.9. The number of nitrogens with zero attached hydrogens (tertiary/aromatic N) is 2. The van der Waals surface area contributed by atoms with Gasteiger partial charge in [-0.05, 0) is 59.7 Å². The summed E-state index contributed by atoms with van der Waals surface area (Å²) < 4.78 is 0. The molecule has 1 aromatic heterocycles. The van der Waals surface area contributed by atoms with Gasteiger partial charge in [0.15, 0.2) is 11.6 Å². The molecule has 1 N–H and O–H groups in total. The number of carbonyl (C=O) groups excluding carboxylic acids is 3. The Kier molecular flexibility index (Phi) is 6.98. The highest BCUT2D eigenvalue weighted by Gasteiger charge is 2.42. The number of rotatable bonds is 7. The molecule has 0 radical (unpaired) electrons. The Morgan fingerprint density at radius 1 is 0.889 bits per heavy atom. The zero-order chi connectivity index (χ0) is 26.3. The van der Waals surface area contributed by atoms with Gasteiger partial charge in [0.2, 0.25) is 0 Å². The first kappa shape index (κ1) is 25.5. The lowest BCUT2D eigenvalue weighted by Crippen LogP contribution is -2.37. The van der Waals surface area contributed by atoms with Crippen molar-refractivity contribution in [1.29, 1.82) is 0 Å². The molecule has 1 atom stereocenters. The lowest BCUT2D eigenvalue weighted by atomic mass is 9.96. The summed E-state index contributed by atoms with van der Waals surface area (Å²) in [5, 5.41) is 11.5. The first-order chi connectivity index (χ1) is 17.0. The maximum atomic E-state index is 13.4. The molecule has 1 amide bonds. The van der Waals surface area contributed by atoms with E-state index in [0.29, 0.717) is 41.9 Å². The van der Waals surface area contributed by atoms with Gasteiger partial charge in [0.1, 0.15) is 17.4 Å². The van der Waals surface area contributed by atoms with Gasteiger partial charge in [-0.15, -0.1) is 0 Å². The molecule has 0 bridgehead atoms. The van der Waals surface area contributed by atoms with E-state index in [9.17, 15) is 19.5 Å². The van der Waals surface area contributed by atoms with E-state index in [-0.39, 0.29) is 28.5 Å². The molecule has 1 aliphatic rings. The summed E-state index contributed by atoms with van der Waals surface area (Å²) in [6.07, 6.45) is 0. The zero-order valence-electron chi connectivity index (χ0n) is 21.8. The average molecular weight is 487 g/mol. The van der Waals surface area contributed by atoms with Gasteiger partial charge in [-0.1, -0.05) is 47.6 Å². The van der Waals surface area contributed by atoms with Crippen molar-refractivity contribution in [2.24, 2.45) is 11.8 Å². The molecule has 0 saturated carbocycles. The Morgan fingerprint density at radius 2 is 1.53 bits per heavy atom. The minimum absolute atomic E-state index is 0.0557. The molecule has 1 aliphatic carbocycles. The molecule has 2 aromatic carbocycles. The SMILES string of the molecule is CC(C)CN(CC(C)C)C(=O)c1ccc2c(c1)C(=O)C(c1nc3ccc(C(C)C)cc3cc1O)C2=O. The van der Waals surface area contributed by atoms with E-state index in [4.69, 9.17) is 0 Å². The second kappa shape index (κ2) is 9.84. The topological polar surface area (TPSA) is 87.6 Å². The smallest absolute Gasteiger partial charge is 0.253 e. The fourth-order valence-corrected chi connectivity index (χ4v) is 4.85. The first-order valence-corrected chi connectivity index (χ1v) is 12.6. The summed E-state index contributed by atoms with van der Waals surface area (Å²) in [6.45, 7) is 13.6. The summed E-state index contributed by atoms with van der Waals surface area (Å²) in [7, 11) is 0. The maximum absolute atomic E-state index is 13.4. The van der Waals surface area contributed by atoms with Crippen LogP contribution in [-0.4, -0.2) is 45.6 Å². The fourth-order valence-electron chi connectivity index (χ4n) is 4.85. The second-order valence-corrected chi connectivity index (χ2v) is 10.9. The van der Waals surface area contributed by atoms with Crippen molar-refractivity contribution in [2.45, 2.75) is 53.4 Å². The molecule has 0 saturated heterocycles. The number of Topliss-reactive ketones (excluding diaryl/α,β-unsaturated/α-hetero) is 2. The van der Waals surface area contributed by atoms with Crippen LogP contribution in [0, 0.1) is 11.8 Å². The molecule has 6 nitrogen and oxygen atoms in total. The van der Waals surface area contributed by atoms with Gasteiger partial charge in [-0.3, -0.25) is 14.4 Å². The van der Waals surface area contributed by atoms with Gasteiger partial charge in [0.25, 0.3) is 5.91 Å². The van der Waals surface area contributed by atoms with Gasteiger partial charge >= 0.3 is 0 Å². The Bertz CT molecular complexity index is 1350. The van der Waals surface area contributed by atoms with Crippen LogP contribution in [0.4, 0.5) is 0 Å². The van der Waals surface area contributed by atoms with Gasteiger partial charge in [0, 0.05) is 35.2 Å². The molecule has 188 valence electrons. The number of amides is 1. The summed E-state index contributed by atoms with van der Waals surface area (Å²) in [4.78, 5) is 46.4. The number of hydrogen-bond donors (Lipinski definition) is 1. The van der Waals surface area contributed by atoms with Crippen LogP contribution in [0.3, 0.4) is 0 Å². The van der Waals surface area contributed by atoms with Crippen LogP contribution in [-0.2, 0) is 0 Å². The van der Waals surface area contributed by atoms with E-state index in [0.717, 1.165) is 10.9 Å². The molecule has 6 heteroatoms. The predicted molar refractivity (Wildman–Crippen MR) is 141 cm³/mol. The van der Waals surface area contributed by atoms with Crippen molar-refractivity contribution in [3.8, 4) is 5.75 Å². The highest BCUT2D eigenvalue weighted by Crippen LogP contribution is 2.38. The molecular weight excluding hydrogens is 452 g/mol. The summed E-state index contributed by atoms with van der Waals surface area (Å²) >= 11 is 0. The fraction of sp³-hybridized carbons (Fsp3) is 0.400. The van der Waals surface area contributed by atoms with Gasteiger partial charge in [0.05, 0.1) is 5.52 Å². The number of carbonyl (C=O) groups is 3. The van der Waals surface area contributed by atoms with Crippen LogP contribution >= 0.6 is 0 Å². The van der Waals surface area contributed by atoms with Gasteiger partial charge in [-0.25, -0.2) is 4.98 Å². The molecule has 0 aliphatic heterocycles. The van der Waals surface area contributed by atoms with Crippen molar-refractivity contribution < 1.29 is 19.5 Å². The number of aromatic nitrogens is 1. The number of hydrogen-bond acceptors (Lipinski definition) is 5. The van der Waals surface area contributed by atoms with Gasteiger partial charge < -0.3 is 10.0 Å². The Balaban J connectivity index is 1.69. The number of pyridine rings is 1. The van der Waals surface area contributed by atoms with Crippen LogP contribution in [0.25, 0.3) is 10.9 Å². The molecule has 3 aromatic rings. The lowest BCUT2D eigenvalue weighted by Gasteiger charge is -2.26. The highest BCUT2D eigenvalue weighted by molar-refractivity contribution is 6.30. The third kappa shape index (κ3) is 4.77. The van der Waals surface area contributed by atoms with Crippen molar-refractivity contribution in [3.05, 3.63) is 70.4 Å². The molecule has 4 rings (SSSR count). The largest absolute Gasteiger partial charge is 0.506 e. The van der Waals surface area contributed by atoms with Crippen LogP contribution in [0.5, 0.6) is 5.75 Å². The average Bonchev–Trinajstić information content (AvgIpc) is 3.06. The molecular formula is C30H34N2O4. The molecule has 36 heavy (non-hydrogen) atoms. The standard InChI is InChI=1S/C30H34N2O4/c1-16(2)14-32(15-17(3)4)30(36)20-7-9-22-23(12-20)29(35)26(28(22)34)27-25(33)13-21-11-19(18(5)6)8-10-24(21)31-27/h7-13,16-18,26,33H,14-15H2,1-6H3. The molecule has 1 heterocycles. The maximum Gasteiger partial charge on any atom is 0.253 e. The van der Waals surface area contributed by atoms with Gasteiger partial charge in [-0.2, -0.15) is 0 Å². The third-order valence-corrected chi connectivity index (χ3v) is 6.57. The minimum atomic E-state index is -1.22. The summed E-state index contributed by atoms with van der Waals surface area (Å²) in [6, 6.07) is 12.0. The lowest BCUT2D eigenvalue weighted by molar-refractivity contribution is 0.0714. The third-order valence-electron chi connectivity index (χ3n) is 6.57. The Hall–Kier alpha value is -3.54. The van der Waals surface area contributed by atoms with Crippen LogP contribution in [0.1, 0.15) is 95.7 Å². The van der Waals surface area contributed by atoms with E-state index in [1.807, 2.05) is 18.2 Å². The number of fused-ring (bicyclic) bond motifs is 2. The molecule has 1 unspecified atom stereocenters. The van der Waals surface area contributed by atoms with E-state index in [2.05, 4.69) is 46.5 Å². The molecule has 0 spiro atoms. The molecule has 0 fully saturated rings. The number of benzene rings is 2. The van der Waals surface area contributed by atoms with E-state index < -0.39 is 17.5 Å². The van der Waals surface area contributed by atoms with Crippen molar-refractivity contribution >= 4 is 28.4 Å². The minimum Gasteiger partial charge on any atom is -0.506 e. The van der Waals surface area contributed by atoms with Crippen LogP contribution in [0.15, 0.2) is 42.5 Å². The van der Waals surface area contributed by atoms with Crippen molar-refractivity contribution in [3.63, 3.8) is 0 Å². The van der Waals surface area contributed by atoms with Crippen LogP contribution < -0.4 is 0 Å². The van der Waals surface area contributed by atoms with Crippen LogP contribution in [0.2, 0.25) is 0 Å². The summed E-state index contributed by atoms with van der Waals surface area (Å²) in [5.74, 6) is -1.49. The van der Waals surface area contributed by atoms with Crippen molar-refractivity contribution in [2.75, 3.05) is 13.1 Å².